The number of rotatable bonds is 5. The van der Waals surface area contributed by atoms with Crippen LogP contribution in [0.15, 0.2) is 66.7 Å². The lowest BCUT2D eigenvalue weighted by atomic mass is 10.1. The first-order chi connectivity index (χ1) is 15.6. The maximum absolute atomic E-state index is 12.0. The van der Waals surface area contributed by atoms with Gasteiger partial charge in [-0.3, -0.25) is 9.52 Å². The van der Waals surface area contributed by atoms with Crippen molar-refractivity contribution >= 4 is 16.9 Å². The number of fused-ring (bicyclic) bond motifs is 1. The summed E-state index contributed by atoms with van der Waals surface area (Å²) in [5, 5.41) is 8.64. The highest BCUT2D eigenvalue weighted by Crippen LogP contribution is 2.41. The van der Waals surface area contributed by atoms with Gasteiger partial charge >= 0.3 is 0 Å². The minimum absolute atomic E-state index is 0.0794. The fourth-order valence-corrected chi connectivity index (χ4v) is 5.32. The van der Waals surface area contributed by atoms with E-state index in [-0.39, 0.29) is 23.7 Å². The summed E-state index contributed by atoms with van der Waals surface area (Å²) in [5.41, 5.74) is 3.69. The number of carbonyl (C=O) groups is 1. The second-order valence-corrected chi connectivity index (χ2v) is 9.16. The van der Waals surface area contributed by atoms with E-state index in [9.17, 15) is 9.00 Å². The number of hydrogen-bond donors (Lipinski definition) is 1. The van der Waals surface area contributed by atoms with Crippen molar-refractivity contribution in [1.29, 1.82) is 5.26 Å². The van der Waals surface area contributed by atoms with E-state index in [4.69, 9.17) is 14.7 Å². The molecule has 1 heterocycles. The van der Waals surface area contributed by atoms with Crippen LogP contribution in [0.1, 0.15) is 46.4 Å². The molecule has 5 rings (SSSR count). The molecular formula is C25H20N2O4S. The van der Waals surface area contributed by atoms with Gasteiger partial charge in [-0.25, -0.2) is 4.21 Å². The van der Waals surface area contributed by atoms with Crippen LogP contribution in [-0.4, -0.2) is 10.1 Å². The molecule has 1 aliphatic heterocycles. The van der Waals surface area contributed by atoms with E-state index in [1.165, 1.54) is 0 Å². The zero-order chi connectivity index (χ0) is 22.1. The number of hydrogen-bond acceptors (Lipinski definition) is 5. The summed E-state index contributed by atoms with van der Waals surface area (Å²) in [7, 11) is -1.37. The zero-order valence-corrected chi connectivity index (χ0v) is 17.9. The van der Waals surface area contributed by atoms with Crippen molar-refractivity contribution < 1.29 is 18.5 Å². The SMILES string of the molecule is N#Cc1ccc(Oc2cccc3c2CC[C@H]3Oc2ccc(C3CC(=O)NS3=O)cc2)cc1. The topological polar surface area (TPSA) is 88.4 Å². The highest BCUT2D eigenvalue weighted by atomic mass is 32.2. The van der Waals surface area contributed by atoms with E-state index in [0.29, 0.717) is 11.3 Å². The monoisotopic (exact) mass is 444 g/mol. The van der Waals surface area contributed by atoms with Gasteiger partial charge in [-0.15, -0.1) is 0 Å². The lowest BCUT2D eigenvalue weighted by Crippen LogP contribution is -2.15. The van der Waals surface area contributed by atoms with Gasteiger partial charge in [0.05, 0.1) is 16.9 Å². The normalized spacial score (nSPS) is 21.5. The molecule has 0 radical (unpaired) electrons. The average molecular weight is 445 g/mol. The molecule has 3 aromatic rings. The number of ether oxygens (including phenoxy) is 2. The largest absolute Gasteiger partial charge is 0.486 e. The summed E-state index contributed by atoms with van der Waals surface area (Å²) < 4.78 is 26.8. The molecule has 3 aromatic carbocycles. The first-order valence-electron chi connectivity index (χ1n) is 10.4. The van der Waals surface area contributed by atoms with E-state index >= 15 is 0 Å². The molecule has 1 saturated heterocycles. The van der Waals surface area contributed by atoms with Gasteiger partial charge in [0.25, 0.3) is 0 Å². The molecule has 1 amide bonds. The van der Waals surface area contributed by atoms with Gasteiger partial charge in [0, 0.05) is 12.0 Å². The third kappa shape index (κ3) is 3.97. The number of nitrogens with one attached hydrogen (secondary N) is 1. The first-order valence-corrected chi connectivity index (χ1v) is 11.6. The summed E-state index contributed by atoms with van der Waals surface area (Å²) in [6, 6.07) is 22.6. The van der Waals surface area contributed by atoms with Crippen molar-refractivity contribution in [1.82, 2.24) is 4.72 Å². The van der Waals surface area contributed by atoms with Crippen molar-refractivity contribution in [3.63, 3.8) is 0 Å². The lowest BCUT2D eigenvalue weighted by molar-refractivity contribution is -0.118. The Hall–Kier alpha value is -3.63. The number of amides is 1. The molecule has 0 bridgehead atoms. The third-order valence-electron chi connectivity index (χ3n) is 5.76. The van der Waals surface area contributed by atoms with Crippen molar-refractivity contribution in [3.8, 4) is 23.3 Å². The molecule has 0 aromatic heterocycles. The number of nitrogens with zero attached hydrogens (tertiary/aromatic N) is 1. The Morgan fingerprint density at radius 2 is 1.75 bits per heavy atom. The predicted octanol–water partition coefficient (Wildman–Crippen LogP) is 4.64. The van der Waals surface area contributed by atoms with Gasteiger partial charge in [-0.05, 0) is 66.4 Å². The van der Waals surface area contributed by atoms with E-state index < -0.39 is 11.0 Å². The van der Waals surface area contributed by atoms with Crippen LogP contribution in [0, 0.1) is 11.3 Å². The molecule has 1 aliphatic carbocycles. The van der Waals surface area contributed by atoms with Crippen molar-refractivity contribution in [2.24, 2.45) is 0 Å². The van der Waals surface area contributed by atoms with Crippen LogP contribution in [0.4, 0.5) is 0 Å². The minimum atomic E-state index is -1.37. The Balaban J connectivity index is 1.30. The van der Waals surface area contributed by atoms with Gasteiger partial charge < -0.3 is 9.47 Å². The van der Waals surface area contributed by atoms with Crippen LogP contribution in [0.2, 0.25) is 0 Å². The molecular weight excluding hydrogens is 424 g/mol. The van der Waals surface area contributed by atoms with Gasteiger partial charge in [-0.1, -0.05) is 24.3 Å². The zero-order valence-electron chi connectivity index (χ0n) is 17.1. The smallest absolute Gasteiger partial charge is 0.233 e. The minimum Gasteiger partial charge on any atom is -0.486 e. The van der Waals surface area contributed by atoms with E-state index in [0.717, 1.165) is 41.0 Å². The van der Waals surface area contributed by atoms with Crippen LogP contribution < -0.4 is 14.2 Å². The fraction of sp³-hybridized carbons (Fsp3) is 0.200. The molecule has 2 unspecified atom stereocenters. The Morgan fingerprint density at radius 1 is 1.00 bits per heavy atom. The standard InChI is InChI=1S/C25H20N2O4S/c26-15-16-4-8-18(9-5-16)30-22-3-1-2-20-21(22)12-13-23(20)31-19-10-6-17(7-11-19)24-14-25(28)27-32(24)29/h1-11,23-24H,12-14H2,(H,27,28)/t23-,24?,32?/m1/s1. The van der Waals surface area contributed by atoms with Crippen LogP contribution >= 0.6 is 0 Å². The fourth-order valence-electron chi connectivity index (χ4n) is 4.16. The van der Waals surface area contributed by atoms with Gasteiger partial charge in [0.2, 0.25) is 5.91 Å². The molecule has 32 heavy (non-hydrogen) atoms. The Bertz CT molecular complexity index is 1230. The Labute approximate surface area is 188 Å². The summed E-state index contributed by atoms with van der Waals surface area (Å²) in [6.07, 6.45) is 1.85. The molecule has 7 heteroatoms. The lowest BCUT2D eigenvalue weighted by Gasteiger charge is -2.16. The molecule has 0 spiro atoms. The van der Waals surface area contributed by atoms with E-state index in [1.54, 1.807) is 24.3 Å². The van der Waals surface area contributed by atoms with E-state index in [1.807, 2.05) is 36.4 Å². The molecule has 1 fully saturated rings. The Morgan fingerprint density at radius 3 is 2.44 bits per heavy atom. The highest BCUT2D eigenvalue weighted by molar-refractivity contribution is 7.84. The van der Waals surface area contributed by atoms with Crippen molar-refractivity contribution in [2.75, 3.05) is 0 Å². The second kappa shape index (κ2) is 8.48. The van der Waals surface area contributed by atoms with E-state index in [2.05, 4.69) is 16.9 Å². The summed E-state index contributed by atoms with van der Waals surface area (Å²) in [5.74, 6) is 2.03. The maximum atomic E-state index is 12.0. The molecule has 6 nitrogen and oxygen atoms in total. The van der Waals surface area contributed by atoms with Gasteiger partial charge in [-0.2, -0.15) is 5.26 Å². The number of benzene rings is 3. The molecule has 160 valence electrons. The molecule has 3 atom stereocenters. The number of nitriles is 1. The summed E-state index contributed by atoms with van der Waals surface area (Å²) >= 11 is 0. The maximum Gasteiger partial charge on any atom is 0.233 e. The van der Waals surface area contributed by atoms with Crippen molar-refractivity contribution in [2.45, 2.75) is 30.6 Å². The molecule has 0 saturated carbocycles. The van der Waals surface area contributed by atoms with Crippen LogP contribution in [-0.2, 0) is 22.2 Å². The van der Waals surface area contributed by atoms with Crippen molar-refractivity contribution in [3.05, 3.63) is 89.0 Å². The predicted molar refractivity (Wildman–Crippen MR) is 119 cm³/mol. The quantitative estimate of drug-likeness (QED) is 0.619. The van der Waals surface area contributed by atoms with Crippen LogP contribution in [0.5, 0.6) is 17.2 Å². The average Bonchev–Trinajstić information content (AvgIpc) is 3.38. The van der Waals surface area contributed by atoms with Gasteiger partial charge in [0.1, 0.15) is 34.3 Å². The Kier molecular flexibility index (Phi) is 5.38. The summed E-state index contributed by atoms with van der Waals surface area (Å²) in [6.45, 7) is 0. The number of carbonyl (C=O) groups excluding carboxylic acids is 1. The van der Waals surface area contributed by atoms with Gasteiger partial charge in [0.15, 0.2) is 0 Å². The highest BCUT2D eigenvalue weighted by Gasteiger charge is 2.31. The van der Waals surface area contributed by atoms with Crippen LogP contribution in [0.3, 0.4) is 0 Å². The summed E-state index contributed by atoms with van der Waals surface area (Å²) in [4.78, 5) is 11.5. The molecule has 2 aliphatic rings. The third-order valence-corrected chi connectivity index (χ3v) is 7.14. The first kappa shape index (κ1) is 20.3. The molecule has 1 N–H and O–H groups in total. The second-order valence-electron chi connectivity index (χ2n) is 7.79. The van der Waals surface area contributed by atoms with Crippen LogP contribution in [0.25, 0.3) is 0 Å².